The van der Waals surface area contributed by atoms with Crippen molar-refractivity contribution < 1.29 is 9.32 Å². The first kappa shape index (κ1) is 16.7. The number of hydrogen-bond acceptors (Lipinski definition) is 6. The van der Waals surface area contributed by atoms with Gasteiger partial charge < -0.3 is 14.4 Å². The van der Waals surface area contributed by atoms with Crippen LogP contribution in [0.5, 0.6) is 0 Å². The highest BCUT2D eigenvalue weighted by atomic mass is 16.5. The van der Waals surface area contributed by atoms with Crippen molar-refractivity contribution in [1.29, 1.82) is 0 Å². The van der Waals surface area contributed by atoms with Crippen molar-refractivity contribution in [3.05, 3.63) is 38.6 Å². The fraction of sp³-hybridized carbons (Fsp3) is 0.400. The molecule has 0 spiro atoms. The molecule has 3 heterocycles. The molecule has 0 aliphatic rings. The molecule has 0 saturated carbocycles. The van der Waals surface area contributed by atoms with Crippen LogP contribution in [0.2, 0.25) is 0 Å². The Bertz CT molecular complexity index is 1080. The Labute approximate surface area is 141 Å². The number of rotatable bonds is 4. The van der Waals surface area contributed by atoms with Crippen molar-refractivity contribution in [2.24, 2.45) is 14.1 Å². The summed E-state index contributed by atoms with van der Waals surface area (Å²) in [6.07, 6.45) is 1.98. The van der Waals surface area contributed by atoms with Gasteiger partial charge in [-0.2, -0.15) is 0 Å². The molecule has 0 atom stereocenters. The van der Waals surface area contributed by atoms with Gasteiger partial charge in [-0.25, -0.2) is 9.78 Å². The molecule has 0 fully saturated rings. The normalized spacial score (nSPS) is 11.2. The van der Waals surface area contributed by atoms with Gasteiger partial charge in [-0.3, -0.25) is 18.7 Å². The van der Waals surface area contributed by atoms with Crippen LogP contribution in [0.1, 0.15) is 18.4 Å². The molecule has 0 aliphatic heterocycles. The fourth-order valence-electron chi connectivity index (χ4n) is 2.67. The maximum Gasteiger partial charge on any atom is 0.332 e. The number of amides is 1. The molecular formula is C15H18N6O4. The first-order valence-corrected chi connectivity index (χ1v) is 7.71. The molecule has 25 heavy (non-hydrogen) atoms. The highest BCUT2D eigenvalue weighted by molar-refractivity contribution is 5.92. The number of carbonyl (C=O) groups is 1. The van der Waals surface area contributed by atoms with Gasteiger partial charge in [0.25, 0.3) is 5.56 Å². The molecule has 1 amide bonds. The molecule has 3 rings (SSSR count). The average Bonchev–Trinajstić information content (AvgIpc) is 3.15. The van der Waals surface area contributed by atoms with Crippen LogP contribution >= 0.6 is 0 Å². The highest BCUT2D eigenvalue weighted by Crippen LogP contribution is 2.20. The van der Waals surface area contributed by atoms with Gasteiger partial charge in [0.15, 0.2) is 16.9 Å². The molecule has 0 saturated heterocycles. The quantitative estimate of drug-likeness (QED) is 0.707. The number of nitrogens with zero attached hydrogens (tertiary/aromatic N) is 5. The molecule has 0 aromatic carbocycles. The summed E-state index contributed by atoms with van der Waals surface area (Å²) in [4.78, 5) is 40.8. The first-order valence-electron chi connectivity index (χ1n) is 7.71. The summed E-state index contributed by atoms with van der Waals surface area (Å²) >= 11 is 0. The molecule has 0 bridgehead atoms. The van der Waals surface area contributed by atoms with Gasteiger partial charge in [0.2, 0.25) is 5.91 Å². The number of imidazole rings is 1. The van der Waals surface area contributed by atoms with Crippen molar-refractivity contribution in [2.45, 2.75) is 26.8 Å². The third-order valence-corrected chi connectivity index (χ3v) is 4.06. The number of fused-ring (bicyclic) bond motifs is 1. The lowest BCUT2D eigenvalue weighted by molar-refractivity contribution is -0.116. The summed E-state index contributed by atoms with van der Waals surface area (Å²) in [5.74, 6) is 0.162. The summed E-state index contributed by atoms with van der Waals surface area (Å²) in [6.45, 7) is 3.48. The van der Waals surface area contributed by atoms with Crippen molar-refractivity contribution in [2.75, 3.05) is 5.32 Å². The maximum absolute atomic E-state index is 12.4. The predicted molar refractivity (Wildman–Crippen MR) is 89.5 cm³/mol. The van der Waals surface area contributed by atoms with Crippen LogP contribution in [0.3, 0.4) is 0 Å². The van der Waals surface area contributed by atoms with E-state index in [1.807, 2.05) is 6.92 Å². The first-order chi connectivity index (χ1) is 11.8. The lowest BCUT2D eigenvalue weighted by Gasteiger charge is -2.08. The summed E-state index contributed by atoms with van der Waals surface area (Å²) in [5.41, 5.74) is 0.643. The standard InChI is InChI=1S/C15H18N6O4/c1-5-9-11(8(2)25-18-9)17-10(22)6-21-7-16-13-12(21)14(23)20(4)15(24)19(13)3/h7H,5-6H2,1-4H3,(H,17,22). The van der Waals surface area contributed by atoms with Gasteiger partial charge >= 0.3 is 5.69 Å². The van der Waals surface area contributed by atoms with Gasteiger partial charge in [0.05, 0.1) is 6.33 Å². The van der Waals surface area contributed by atoms with E-state index < -0.39 is 11.2 Å². The van der Waals surface area contributed by atoms with Gasteiger partial charge in [0.1, 0.15) is 17.9 Å². The summed E-state index contributed by atoms with van der Waals surface area (Å²) < 4.78 is 8.75. The maximum atomic E-state index is 12.4. The lowest BCUT2D eigenvalue weighted by atomic mass is 10.2. The monoisotopic (exact) mass is 346 g/mol. The Hall–Kier alpha value is -3.17. The van der Waals surface area contributed by atoms with E-state index >= 15 is 0 Å². The fourth-order valence-corrected chi connectivity index (χ4v) is 2.67. The van der Waals surface area contributed by atoms with E-state index in [-0.39, 0.29) is 23.6 Å². The molecule has 0 aliphatic carbocycles. The molecular weight excluding hydrogens is 328 g/mol. The zero-order valence-electron chi connectivity index (χ0n) is 14.4. The van der Waals surface area contributed by atoms with Crippen LogP contribution in [-0.2, 0) is 31.9 Å². The van der Waals surface area contributed by atoms with Crippen LogP contribution in [-0.4, -0.2) is 29.7 Å². The second kappa shape index (κ2) is 6.04. The number of carbonyl (C=O) groups excluding carboxylic acids is 1. The molecule has 10 heteroatoms. The minimum absolute atomic E-state index is 0.127. The van der Waals surface area contributed by atoms with Crippen LogP contribution in [0.25, 0.3) is 11.2 Å². The van der Waals surface area contributed by atoms with E-state index in [9.17, 15) is 14.4 Å². The number of aromatic nitrogens is 5. The van der Waals surface area contributed by atoms with Crippen molar-refractivity contribution in [1.82, 2.24) is 23.8 Å². The number of hydrogen-bond donors (Lipinski definition) is 1. The third-order valence-electron chi connectivity index (χ3n) is 4.06. The van der Waals surface area contributed by atoms with Crippen LogP contribution in [0.15, 0.2) is 20.4 Å². The minimum Gasteiger partial charge on any atom is -0.359 e. The van der Waals surface area contributed by atoms with Gasteiger partial charge in [-0.15, -0.1) is 0 Å². The Morgan fingerprint density at radius 2 is 2.00 bits per heavy atom. The molecule has 132 valence electrons. The molecule has 0 unspecified atom stereocenters. The number of aryl methyl sites for hydroxylation is 3. The van der Waals surface area contributed by atoms with E-state index in [4.69, 9.17) is 4.52 Å². The summed E-state index contributed by atoms with van der Waals surface area (Å²) in [7, 11) is 2.91. The SMILES string of the molecule is CCc1noc(C)c1NC(=O)Cn1cnc2c1c(=O)n(C)c(=O)n2C. The lowest BCUT2D eigenvalue weighted by Crippen LogP contribution is -2.37. The van der Waals surface area contributed by atoms with E-state index in [0.29, 0.717) is 23.6 Å². The van der Waals surface area contributed by atoms with Crippen molar-refractivity contribution >= 4 is 22.8 Å². The van der Waals surface area contributed by atoms with E-state index in [0.717, 1.165) is 4.57 Å². The molecule has 3 aromatic heterocycles. The van der Waals surface area contributed by atoms with Crippen LogP contribution in [0, 0.1) is 6.92 Å². The van der Waals surface area contributed by atoms with Crippen molar-refractivity contribution in [3.8, 4) is 0 Å². The largest absolute Gasteiger partial charge is 0.359 e. The smallest absolute Gasteiger partial charge is 0.332 e. The van der Waals surface area contributed by atoms with Gasteiger partial charge in [0, 0.05) is 14.1 Å². The van der Waals surface area contributed by atoms with Gasteiger partial charge in [-0.05, 0) is 13.3 Å². The Morgan fingerprint density at radius 1 is 1.28 bits per heavy atom. The van der Waals surface area contributed by atoms with E-state index in [2.05, 4.69) is 15.5 Å². The van der Waals surface area contributed by atoms with E-state index in [1.165, 1.54) is 29.6 Å². The van der Waals surface area contributed by atoms with Crippen molar-refractivity contribution in [3.63, 3.8) is 0 Å². The Balaban J connectivity index is 1.96. The predicted octanol–water partition coefficient (Wildman–Crippen LogP) is -0.0688. The highest BCUT2D eigenvalue weighted by Gasteiger charge is 2.18. The van der Waals surface area contributed by atoms with Crippen LogP contribution in [0.4, 0.5) is 5.69 Å². The minimum atomic E-state index is -0.501. The summed E-state index contributed by atoms with van der Waals surface area (Å²) in [6, 6.07) is 0. The number of anilines is 1. The third kappa shape index (κ3) is 2.65. The topological polar surface area (TPSA) is 117 Å². The van der Waals surface area contributed by atoms with Crippen LogP contribution < -0.4 is 16.6 Å². The van der Waals surface area contributed by atoms with Gasteiger partial charge in [-0.1, -0.05) is 12.1 Å². The second-order valence-corrected chi connectivity index (χ2v) is 5.71. The zero-order chi connectivity index (χ0) is 18.3. The van der Waals surface area contributed by atoms with E-state index in [1.54, 1.807) is 6.92 Å². The zero-order valence-corrected chi connectivity index (χ0v) is 14.4. The average molecular weight is 346 g/mol. The second-order valence-electron chi connectivity index (χ2n) is 5.71. The Morgan fingerprint density at radius 3 is 2.68 bits per heavy atom. The molecule has 1 N–H and O–H groups in total. The Kier molecular flexibility index (Phi) is 4.03. The number of nitrogens with one attached hydrogen (secondary N) is 1. The molecule has 10 nitrogen and oxygen atoms in total. The summed E-state index contributed by atoms with van der Waals surface area (Å²) in [5, 5.41) is 6.63. The molecule has 3 aromatic rings. The molecule has 0 radical (unpaired) electrons.